The molecule has 0 saturated heterocycles. The van der Waals surface area contributed by atoms with E-state index in [4.69, 9.17) is 10.5 Å². The minimum atomic E-state index is -0.445. The Morgan fingerprint density at radius 3 is 2.47 bits per heavy atom. The molecule has 0 fully saturated rings. The molecule has 3 N–H and O–H groups in total. The van der Waals surface area contributed by atoms with Crippen molar-refractivity contribution >= 4 is 22.7 Å². The number of nitro benzene ring substituents is 1. The number of nitrogens with one attached hydrogen (secondary N) is 1. The molecule has 6 nitrogen and oxygen atoms in total. The number of nitrogen functional groups attached to an aromatic ring is 1. The largest absolute Gasteiger partial charge is 0.497 e. The lowest BCUT2D eigenvalue weighted by molar-refractivity contribution is -0.383. The van der Waals surface area contributed by atoms with E-state index >= 15 is 0 Å². The van der Waals surface area contributed by atoms with E-state index in [2.05, 4.69) is 5.32 Å². The number of hydrogen-bond donors (Lipinski definition) is 2. The quantitative estimate of drug-likeness (QED) is 0.500. The second-order valence-electron chi connectivity index (χ2n) is 3.89. The van der Waals surface area contributed by atoms with Crippen LogP contribution >= 0.6 is 0 Å². The van der Waals surface area contributed by atoms with Crippen LogP contribution in [0.15, 0.2) is 42.5 Å². The monoisotopic (exact) mass is 259 g/mol. The molecule has 0 unspecified atom stereocenters. The molecule has 0 radical (unpaired) electrons. The zero-order valence-electron chi connectivity index (χ0n) is 10.3. The van der Waals surface area contributed by atoms with E-state index in [1.807, 2.05) is 0 Å². The fourth-order valence-corrected chi connectivity index (χ4v) is 1.62. The summed E-state index contributed by atoms with van der Waals surface area (Å²) in [5.41, 5.74) is 7.29. The van der Waals surface area contributed by atoms with Crippen molar-refractivity contribution in [3.05, 3.63) is 52.6 Å². The van der Waals surface area contributed by atoms with Crippen molar-refractivity contribution < 1.29 is 9.66 Å². The van der Waals surface area contributed by atoms with Crippen molar-refractivity contribution in [1.29, 1.82) is 0 Å². The molecule has 0 aliphatic carbocycles. The molecule has 0 spiro atoms. The maximum atomic E-state index is 11.0. The molecule has 0 bridgehead atoms. The highest BCUT2D eigenvalue weighted by Crippen LogP contribution is 2.31. The lowest BCUT2D eigenvalue weighted by Crippen LogP contribution is -1.98. The van der Waals surface area contributed by atoms with Gasteiger partial charge in [0.15, 0.2) is 0 Å². The van der Waals surface area contributed by atoms with Crippen LogP contribution < -0.4 is 15.8 Å². The number of benzene rings is 2. The molecule has 0 heterocycles. The maximum Gasteiger partial charge on any atom is 0.292 e. The van der Waals surface area contributed by atoms with Crippen LogP contribution in [0.1, 0.15) is 0 Å². The summed E-state index contributed by atoms with van der Waals surface area (Å²) in [6.45, 7) is 0. The van der Waals surface area contributed by atoms with Gasteiger partial charge in [0, 0.05) is 23.5 Å². The van der Waals surface area contributed by atoms with Crippen molar-refractivity contribution in [2.75, 3.05) is 18.2 Å². The van der Waals surface area contributed by atoms with Crippen LogP contribution in [0, 0.1) is 10.1 Å². The second kappa shape index (κ2) is 5.26. The average molecular weight is 259 g/mol. The van der Waals surface area contributed by atoms with E-state index in [0.29, 0.717) is 22.8 Å². The van der Waals surface area contributed by atoms with E-state index in [1.54, 1.807) is 36.4 Å². The van der Waals surface area contributed by atoms with Crippen LogP contribution in [-0.2, 0) is 0 Å². The first-order chi connectivity index (χ1) is 9.10. The zero-order valence-corrected chi connectivity index (χ0v) is 10.3. The fourth-order valence-electron chi connectivity index (χ4n) is 1.62. The van der Waals surface area contributed by atoms with E-state index in [-0.39, 0.29) is 5.69 Å². The molecule has 19 heavy (non-hydrogen) atoms. The summed E-state index contributed by atoms with van der Waals surface area (Å²) in [5, 5.41) is 13.9. The van der Waals surface area contributed by atoms with Gasteiger partial charge in [-0.15, -0.1) is 0 Å². The molecule has 0 atom stereocenters. The zero-order chi connectivity index (χ0) is 13.8. The molecule has 98 valence electrons. The standard InChI is InChI=1S/C13H13N3O3/c1-19-11-6-7-13(16(17)18)12(8-11)15-10-4-2-9(14)3-5-10/h2-8,15H,14H2,1H3. The van der Waals surface area contributed by atoms with Crippen LogP contribution in [0.25, 0.3) is 0 Å². The van der Waals surface area contributed by atoms with Gasteiger partial charge < -0.3 is 15.8 Å². The number of nitro groups is 1. The van der Waals surface area contributed by atoms with Gasteiger partial charge in [-0.3, -0.25) is 10.1 Å². The number of methoxy groups -OCH3 is 1. The summed E-state index contributed by atoms with van der Waals surface area (Å²) >= 11 is 0. The molecule has 0 aliphatic heterocycles. The van der Waals surface area contributed by atoms with Gasteiger partial charge in [-0.2, -0.15) is 0 Å². The van der Waals surface area contributed by atoms with Crippen molar-refractivity contribution in [2.24, 2.45) is 0 Å². The highest BCUT2D eigenvalue weighted by atomic mass is 16.6. The summed E-state index contributed by atoms with van der Waals surface area (Å²) < 4.78 is 5.06. The van der Waals surface area contributed by atoms with E-state index in [0.717, 1.165) is 0 Å². The highest BCUT2D eigenvalue weighted by molar-refractivity contribution is 5.71. The Kier molecular flexibility index (Phi) is 3.51. The van der Waals surface area contributed by atoms with Gasteiger partial charge in [0.05, 0.1) is 12.0 Å². The molecule has 6 heteroatoms. The van der Waals surface area contributed by atoms with Gasteiger partial charge in [-0.25, -0.2) is 0 Å². The Bertz CT molecular complexity index is 597. The topological polar surface area (TPSA) is 90.4 Å². The van der Waals surface area contributed by atoms with Gasteiger partial charge in [0.1, 0.15) is 11.4 Å². The Balaban J connectivity index is 2.36. The van der Waals surface area contributed by atoms with Crippen LogP contribution in [0.2, 0.25) is 0 Å². The smallest absolute Gasteiger partial charge is 0.292 e. The Labute approximate surface area is 110 Å². The number of rotatable bonds is 4. The molecular weight excluding hydrogens is 246 g/mol. The molecule has 0 saturated carbocycles. The fraction of sp³-hybridized carbons (Fsp3) is 0.0769. The van der Waals surface area contributed by atoms with Crippen molar-refractivity contribution in [3.8, 4) is 5.75 Å². The molecule has 2 rings (SSSR count). The maximum absolute atomic E-state index is 11.0. The summed E-state index contributed by atoms with van der Waals surface area (Å²) in [7, 11) is 1.51. The van der Waals surface area contributed by atoms with Crippen molar-refractivity contribution in [2.45, 2.75) is 0 Å². The van der Waals surface area contributed by atoms with E-state index in [9.17, 15) is 10.1 Å². The van der Waals surface area contributed by atoms with E-state index < -0.39 is 4.92 Å². The number of anilines is 3. The van der Waals surface area contributed by atoms with E-state index in [1.165, 1.54) is 13.2 Å². The van der Waals surface area contributed by atoms with Gasteiger partial charge in [-0.05, 0) is 30.3 Å². The van der Waals surface area contributed by atoms with Crippen LogP contribution in [-0.4, -0.2) is 12.0 Å². The minimum absolute atomic E-state index is 0.0161. The Morgan fingerprint density at radius 2 is 1.89 bits per heavy atom. The average Bonchev–Trinajstić information content (AvgIpc) is 2.41. The number of nitrogens with two attached hydrogens (primary N) is 1. The Morgan fingerprint density at radius 1 is 1.21 bits per heavy atom. The predicted octanol–water partition coefficient (Wildman–Crippen LogP) is 2.93. The van der Waals surface area contributed by atoms with Crippen LogP contribution in [0.3, 0.4) is 0 Å². The number of ether oxygens (including phenoxy) is 1. The summed E-state index contributed by atoms with van der Waals surface area (Å²) in [5.74, 6) is 0.545. The molecule has 2 aromatic rings. The summed E-state index contributed by atoms with van der Waals surface area (Å²) in [4.78, 5) is 10.5. The van der Waals surface area contributed by atoms with Crippen molar-refractivity contribution in [3.63, 3.8) is 0 Å². The lowest BCUT2D eigenvalue weighted by Gasteiger charge is -2.09. The molecule has 0 amide bonds. The molecule has 2 aromatic carbocycles. The third kappa shape index (κ3) is 2.92. The number of hydrogen-bond acceptors (Lipinski definition) is 5. The second-order valence-corrected chi connectivity index (χ2v) is 3.89. The molecule has 0 aliphatic rings. The van der Waals surface area contributed by atoms with Gasteiger partial charge in [-0.1, -0.05) is 0 Å². The summed E-state index contributed by atoms with van der Waals surface area (Å²) in [6, 6.07) is 11.5. The normalized spacial score (nSPS) is 9.95. The first-order valence-corrected chi connectivity index (χ1v) is 5.55. The third-order valence-electron chi connectivity index (χ3n) is 2.59. The Hall–Kier alpha value is -2.76. The van der Waals surface area contributed by atoms with Gasteiger partial charge in [0.25, 0.3) is 5.69 Å². The highest BCUT2D eigenvalue weighted by Gasteiger charge is 2.14. The van der Waals surface area contributed by atoms with Crippen molar-refractivity contribution in [1.82, 2.24) is 0 Å². The predicted molar refractivity (Wildman–Crippen MR) is 73.8 cm³/mol. The van der Waals surface area contributed by atoms with Gasteiger partial charge >= 0.3 is 0 Å². The SMILES string of the molecule is COc1ccc([N+](=O)[O-])c(Nc2ccc(N)cc2)c1. The number of nitrogens with zero attached hydrogens (tertiary/aromatic N) is 1. The van der Waals surface area contributed by atoms with Crippen LogP contribution in [0.4, 0.5) is 22.7 Å². The van der Waals surface area contributed by atoms with Gasteiger partial charge in [0.2, 0.25) is 0 Å². The minimum Gasteiger partial charge on any atom is -0.497 e. The first kappa shape index (κ1) is 12.7. The third-order valence-corrected chi connectivity index (χ3v) is 2.59. The summed E-state index contributed by atoms with van der Waals surface area (Å²) in [6.07, 6.45) is 0. The molecular formula is C13H13N3O3. The van der Waals surface area contributed by atoms with Crippen LogP contribution in [0.5, 0.6) is 5.75 Å². The molecule has 0 aromatic heterocycles. The first-order valence-electron chi connectivity index (χ1n) is 5.55. The lowest BCUT2D eigenvalue weighted by atomic mass is 10.2.